The first-order valence-electron chi connectivity index (χ1n) is 7.07. The first-order chi connectivity index (χ1) is 11.4. The van der Waals surface area contributed by atoms with E-state index in [9.17, 15) is 27.6 Å². The molecule has 0 aromatic rings. The highest BCUT2D eigenvalue weighted by molar-refractivity contribution is 7.92. The molecule has 0 unspecified atom stereocenters. The predicted octanol–water partition coefficient (Wildman–Crippen LogP) is -1.96. The van der Waals surface area contributed by atoms with Crippen molar-refractivity contribution in [1.82, 2.24) is 0 Å². The van der Waals surface area contributed by atoms with Crippen LogP contribution in [0.5, 0.6) is 0 Å². The normalized spacial score (nSPS) is 26.4. The molecule has 1 saturated heterocycles. The average molecular weight is 381 g/mol. The summed E-state index contributed by atoms with van der Waals surface area (Å²) < 4.78 is 44.6. The van der Waals surface area contributed by atoms with E-state index in [1.807, 2.05) is 0 Å². The van der Waals surface area contributed by atoms with Crippen molar-refractivity contribution in [3.8, 4) is 0 Å². The summed E-state index contributed by atoms with van der Waals surface area (Å²) in [5.41, 5.74) is 3.09. The molecule has 1 heterocycles. The number of amides is 1. The molecule has 1 amide bonds. The van der Waals surface area contributed by atoms with E-state index >= 15 is 0 Å². The fraction of sp³-hybridized carbons (Fsp3) is 0.692. The molecule has 0 spiro atoms. The van der Waals surface area contributed by atoms with Crippen molar-refractivity contribution in [2.45, 2.75) is 44.5 Å². The Morgan fingerprint density at radius 1 is 0.960 bits per heavy atom. The van der Waals surface area contributed by atoms with Gasteiger partial charge in [-0.15, -0.1) is 0 Å². The van der Waals surface area contributed by atoms with Gasteiger partial charge in [0.05, 0.1) is 6.61 Å². The number of sulfone groups is 1. The molecule has 0 aliphatic carbocycles. The van der Waals surface area contributed by atoms with Gasteiger partial charge in [0, 0.05) is 20.8 Å². The van der Waals surface area contributed by atoms with Crippen LogP contribution in [0.1, 0.15) is 20.8 Å². The number of esters is 3. The minimum Gasteiger partial charge on any atom is -0.456 e. The van der Waals surface area contributed by atoms with Crippen molar-refractivity contribution < 1.29 is 46.5 Å². The number of nitrogens with two attached hydrogens (primary N) is 1. The van der Waals surface area contributed by atoms with Crippen LogP contribution in [0.25, 0.3) is 0 Å². The molecular formula is C13H19NO10S. The summed E-state index contributed by atoms with van der Waals surface area (Å²) in [7, 11) is -4.30. The fourth-order valence-corrected chi connectivity index (χ4v) is 3.76. The van der Waals surface area contributed by atoms with Crippen molar-refractivity contribution in [1.29, 1.82) is 0 Å². The summed E-state index contributed by atoms with van der Waals surface area (Å²) >= 11 is 0. The summed E-state index contributed by atoms with van der Waals surface area (Å²) in [4.78, 5) is 44.9. The number of carbonyl (C=O) groups excluding carboxylic acids is 4. The zero-order valence-electron chi connectivity index (χ0n) is 13.8. The maximum absolute atomic E-state index is 12.3. The van der Waals surface area contributed by atoms with Crippen LogP contribution < -0.4 is 5.73 Å². The number of hydrogen-bond donors (Lipinski definition) is 1. The second-order valence-corrected chi connectivity index (χ2v) is 7.35. The van der Waals surface area contributed by atoms with Crippen LogP contribution >= 0.6 is 0 Å². The van der Waals surface area contributed by atoms with E-state index in [1.54, 1.807) is 0 Å². The summed E-state index contributed by atoms with van der Waals surface area (Å²) in [6, 6.07) is 0. The Kier molecular flexibility index (Phi) is 6.87. The molecule has 1 aliphatic heterocycles. The molecule has 25 heavy (non-hydrogen) atoms. The molecule has 11 nitrogen and oxygen atoms in total. The number of carbonyl (C=O) groups is 4. The SMILES string of the molecule is CC(=O)O[C@H]1[C@H](OC(C)=O)[C@H](OC(C)=O)CO[C@H]1S(=O)(=O)CC(N)=O. The lowest BCUT2D eigenvalue weighted by Crippen LogP contribution is -2.60. The Morgan fingerprint density at radius 2 is 1.44 bits per heavy atom. The summed E-state index contributed by atoms with van der Waals surface area (Å²) in [6.07, 6.45) is -4.29. The molecule has 2 N–H and O–H groups in total. The third-order valence-electron chi connectivity index (χ3n) is 3.00. The van der Waals surface area contributed by atoms with E-state index in [1.165, 1.54) is 0 Å². The monoisotopic (exact) mass is 381 g/mol. The average Bonchev–Trinajstić information content (AvgIpc) is 2.38. The standard InChI is InChI=1S/C13H19NO10S/c1-6(15)22-9-4-21-13(25(19,20)5-10(14)18)12(24-8(3)17)11(9)23-7(2)16/h9,11-13H,4-5H2,1-3H3,(H2,14,18)/t9-,11-,12+,13+/m1/s1. The van der Waals surface area contributed by atoms with Gasteiger partial charge in [0.15, 0.2) is 33.6 Å². The highest BCUT2D eigenvalue weighted by Crippen LogP contribution is 2.27. The second-order valence-electron chi connectivity index (χ2n) is 5.27. The first kappa shape index (κ1) is 20.8. The van der Waals surface area contributed by atoms with E-state index in [-0.39, 0.29) is 0 Å². The summed E-state index contributed by atoms with van der Waals surface area (Å²) in [5.74, 6) is -4.68. The largest absolute Gasteiger partial charge is 0.456 e. The molecule has 1 rings (SSSR count). The third-order valence-corrected chi connectivity index (χ3v) is 4.80. The van der Waals surface area contributed by atoms with Gasteiger partial charge in [-0.3, -0.25) is 19.2 Å². The van der Waals surface area contributed by atoms with Crippen molar-refractivity contribution in [3.05, 3.63) is 0 Å². The van der Waals surface area contributed by atoms with E-state index < -0.39 is 69.8 Å². The van der Waals surface area contributed by atoms with E-state index in [4.69, 9.17) is 24.7 Å². The molecule has 12 heteroatoms. The highest BCUT2D eigenvalue weighted by Gasteiger charge is 2.52. The molecule has 0 aromatic heterocycles. The third kappa shape index (κ3) is 5.98. The van der Waals surface area contributed by atoms with Gasteiger partial charge in [-0.05, 0) is 0 Å². The maximum atomic E-state index is 12.3. The van der Waals surface area contributed by atoms with Crippen molar-refractivity contribution in [2.75, 3.05) is 12.4 Å². The molecule has 0 bridgehead atoms. The molecule has 1 fully saturated rings. The van der Waals surface area contributed by atoms with Crippen LogP contribution in [-0.2, 0) is 48.0 Å². The number of ether oxygens (including phenoxy) is 4. The van der Waals surface area contributed by atoms with Gasteiger partial charge in [-0.2, -0.15) is 0 Å². The Hall–Kier alpha value is -2.21. The van der Waals surface area contributed by atoms with Gasteiger partial charge >= 0.3 is 17.9 Å². The Morgan fingerprint density at radius 3 is 1.88 bits per heavy atom. The molecule has 0 saturated carbocycles. The number of hydrogen-bond acceptors (Lipinski definition) is 10. The minimum absolute atomic E-state index is 0.460. The van der Waals surface area contributed by atoms with Crippen LogP contribution in [0.4, 0.5) is 0 Å². The maximum Gasteiger partial charge on any atom is 0.303 e. The van der Waals surface area contributed by atoms with Crippen molar-refractivity contribution in [3.63, 3.8) is 0 Å². The van der Waals surface area contributed by atoms with E-state index in [0.29, 0.717) is 0 Å². The van der Waals surface area contributed by atoms with Gasteiger partial charge in [0.25, 0.3) is 0 Å². The number of primary amides is 1. The number of rotatable bonds is 6. The van der Waals surface area contributed by atoms with Crippen LogP contribution in [0, 0.1) is 0 Å². The van der Waals surface area contributed by atoms with Gasteiger partial charge in [-0.25, -0.2) is 8.42 Å². The molecule has 4 atom stereocenters. The lowest BCUT2D eigenvalue weighted by molar-refractivity contribution is -0.214. The lowest BCUT2D eigenvalue weighted by Gasteiger charge is -2.39. The second kappa shape index (κ2) is 8.25. The quantitative estimate of drug-likeness (QED) is 0.403. The van der Waals surface area contributed by atoms with E-state index in [2.05, 4.69) is 0 Å². The Balaban J connectivity index is 3.26. The molecule has 142 valence electrons. The first-order valence-corrected chi connectivity index (χ1v) is 8.78. The summed E-state index contributed by atoms with van der Waals surface area (Å²) in [5, 5.41) is 0. The molecule has 0 aromatic carbocycles. The van der Waals surface area contributed by atoms with Crippen LogP contribution in [0.15, 0.2) is 0 Å². The van der Waals surface area contributed by atoms with Gasteiger partial charge < -0.3 is 24.7 Å². The predicted molar refractivity (Wildman–Crippen MR) is 79.4 cm³/mol. The molecule has 1 aliphatic rings. The Labute approximate surface area is 143 Å². The van der Waals surface area contributed by atoms with Crippen LogP contribution in [0.3, 0.4) is 0 Å². The summed E-state index contributed by atoms with van der Waals surface area (Å²) in [6.45, 7) is 2.66. The fourth-order valence-electron chi connectivity index (χ4n) is 2.30. The zero-order valence-corrected chi connectivity index (χ0v) is 14.6. The Bertz CT molecular complexity index is 658. The minimum atomic E-state index is -4.30. The van der Waals surface area contributed by atoms with Crippen LogP contribution in [0.2, 0.25) is 0 Å². The van der Waals surface area contributed by atoms with Crippen molar-refractivity contribution >= 4 is 33.7 Å². The topological polar surface area (TPSA) is 165 Å². The van der Waals surface area contributed by atoms with E-state index in [0.717, 1.165) is 20.8 Å². The lowest BCUT2D eigenvalue weighted by atomic mass is 10.1. The molecular weight excluding hydrogens is 362 g/mol. The molecule has 0 radical (unpaired) electrons. The van der Waals surface area contributed by atoms with Gasteiger partial charge in [-0.1, -0.05) is 0 Å². The zero-order chi connectivity index (χ0) is 19.4. The van der Waals surface area contributed by atoms with Gasteiger partial charge in [0.2, 0.25) is 5.91 Å². The van der Waals surface area contributed by atoms with Crippen LogP contribution in [-0.4, -0.2) is 68.3 Å². The smallest absolute Gasteiger partial charge is 0.303 e. The van der Waals surface area contributed by atoms with Gasteiger partial charge in [0.1, 0.15) is 5.75 Å². The highest BCUT2D eigenvalue weighted by atomic mass is 32.2. The van der Waals surface area contributed by atoms with Crippen molar-refractivity contribution in [2.24, 2.45) is 5.73 Å².